The monoisotopic (exact) mass is 399 g/mol. The van der Waals surface area contributed by atoms with Crippen molar-refractivity contribution in [1.29, 1.82) is 0 Å². The Labute approximate surface area is 165 Å². The van der Waals surface area contributed by atoms with Crippen molar-refractivity contribution in [2.24, 2.45) is 7.05 Å². The molecule has 0 bridgehead atoms. The first kappa shape index (κ1) is 17.6. The van der Waals surface area contributed by atoms with E-state index in [1.807, 2.05) is 36.4 Å². The van der Waals surface area contributed by atoms with Crippen molar-refractivity contribution in [3.8, 4) is 11.4 Å². The maximum absolute atomic E-state index is 12.8. The normalized spacial score (nSPS) is 11.1. The van der Waals surface area contributed by atoms with Crippen LogP contribution in [0.3, 0.4) is 0 Å². The summed E-state index contributed by atoms with van der Waals surface area (Å²) >= 11 is 12.3. The van der Waals surface area contributed by atoms with E-state index in [0.717, 1.165) is 16.6 Å². The number of para-hydroxylation sites is 1. The molecule has 1 amide bonds. The van der Waals surface area contributed by atoms with Gasteiger partial charge in [-0.3, -0.25) is 9.48 Å². The van der Waals surface area contributed by atoms with Gasteiger partial charge in [0.15, 0.2) is 0 Å². The second-order valence-electron chi connectivity index (χ2n) is 6.12. The van der Waals surface area contributed by atoms with Crippen LogP contribution in [0.1, 0.15) is 16.1 Å². The molecule has 0 spiro atoms. The summed E-state index contributed by atoms with van der Waals surface area (Å²) in [6.07, 6.45) is 0. The van der Waals surface area contributed by atoms with Gasteiger partial charge < -0.3 is 10.3 Å². The zero-order chi connectivity index (χ0) is 19.1. The molecule has 0 aliphatic heterocycles. The SMILES string of the molecule is Cc1nn(C)c(Cl)c1C(=O)Nc1ccccc1-c1nc2ccc(Cl)cc2[nH]1. The van der Waals surface area contributed by atoms with Crippen molar-refractivity contribution in [2.45, 2.75) is 6.92 Å². The molecular weight excluding hydrogens is 385 g/mol. The number of anilines is 1. The highest BCUT2D eigenvalue weighted by Gasteiger charge is 2.20. The highest BCUT2D eigenvalue weighted by molar-refractivity contribution is 6.33. The predicted octanol–water partition coefficient (Wildman–Crippen LogP) is 4.83. The van der Waals surface area contributed by atoms with E-state index in [0.29, 0.717) is 32.9 Å². The van der Waals surface area contributed by atoms with Crippen LogP contribution in [-0.4, -0.2) is 25.7 Å². The molecule has 2 aromatic heterocycles. The Bertz CT molecular complexity index is 1180. The zero-order valence-electron chi connectivity index (χ0n) is 14.5. The van der Waals surface area contributed by atoms with Gasteiger partial charge in [0.05, 0.1) is 28.0 Å². The Balaban J connectivity index is 1.73. The summed E-state index contributed by atoms with van der Waals surface area (Å²) in [6, 6.07) is 12.9. The number of nitrogens with zero attached hydrogens (tertiary/aromatic N) is 3. The first-order chi connectivity index (χ1) is 12.9. The number of hydrogen-bond acceptors (Lipinski definition) is 3. The molecule has 0 aliphatic rings. The Morgan fingerprint density at radius 3 is 2.70 bits per heavy atom. The number of aromatic amines is 1. The molecule has 27 heavy (non-hydrogen) atoms. The van der Waals surface area contributed by atoms with Crippen molar-refractivity contribution in [1.82, 2.24) is 19.7 Å². The van der Waals surface area contributed by atoms with Crippen LogP contribution in [-0.2, 0) is 7.05 Å². The number of nitrogens with one attached hydrogen (secondary N) is 2. The fraction of sp³-hybridized carbons (Fsp3) is 0.105. The molecular formula is C19H15Cl2N5O. The molecule has 4 aromatic rings. The number of imidazole rings is 1. The van der Waals surface area contributed by atoms with E-state index in [2.05, 4.69) is 20.4 Å². The minimum Gasteiger partial charge on any atom is -0.338 e. The van der Waals surface area contributed by atoms with Gasteiger partial charge in [0.1, 0.15) is 11.0 Å². The number of carbonyl (C=O) groups is 1. The Kier molecular flexibility index (Phi) is 4.37. The maximum atomic E-state index is 12.8. The summed E-state index contributed by atoms with van der Waals surface area (Å²) in [5.41, 5.74) is 3.91. The molecule has 0 saturated carbocycles. The van der Waals surface area contributed by atoms with E-state index < -0.39 is 0 Å². The highest BCUT2D eigenvalue weighted by atomic mass is 35.5. The number of carbonyl (C=O) groups excluding carboxylic acids is 1. The number of aromatic nitrogens is 4. The van der Waals surface area contributed by atoms with Crippen LogP contribution in [0.4, 0.5) is 5.69 Å². The van der Waals surface area contributed by atoms with Crippen molar-refractivity contribution in [3.63, 3.8) is 0 Å². The molecule has 4 rings (SSSR count). The van der Waals surface area contributed by atoms with Crippen molar-refractivity contribution >= 4 is 45.8 Å². The summed E-state index contributed by atoms with van der Waals surface area (Å²) in [5.74, 6) is 0.314. The average molecular weight is 400 g/mol. The molecule has 6 nitrogen and oxygen atoms in total. The summed E-state index contributed by atoms with van der Waals surface area (Å²) in [5, 5.41) is 8.02. The molecule has 2 heterocycles. The van der Waals surface area contributed by atoms with E-state index in [4.69, 9.17) is 23.2 Å². The van der Waals surface area contributed by atoms with Gasteiger partial charge in [0.25, 0.3) is 5.91 Å². The highest BCUT2D eigenvalue weighted by Crippen LogP contribution is 2.29. The molecule has 0 fully saturated rings. The summed E-state index contributed by atoms with van der Waals surface area (Å²) in [6.45, 7) is 1.75. The molecule has 0 saturated heterocycles. The molecule has 0 atom stereocenters. The third kappa shape index (κ3) is 3.18. The van der Waals surface area contributed by atoms with Crippen LogP contribution < -0.4 is 5.32 Å². The smallest absolute Gasteiger partial charge is 0.260 e. The summed E-state index contributed by atoms with van der Waals surface area (Å²) in [7, 11) is 1.69. The van der Waals surface area contributed by atoms with E-state index in [1.165, 1.54) is 4.68 Å². The topological polar surface area (TPSA) is 75.6 Å². The lowest BCUT2D eigenvalue weighted by Crippen LogP contribution is -2.14. The number of rotatable bonds is 3. The van der Waals surface area contributed by atoms with Crippen LogP contribution in [0.25, 0.3) is 22.4 Å². The van der Waals surface area contributed by atoms with E-state index in [-0.39, 0.29) is 5.91 Å². The fourth-order valence-corrected chi connectivity index (χ4v) is 3.41. The minimum absolute atomic E-state index is 0.292. The number of fused-ring (bicyclic) bond motifs is 1. The van der Waals surface area contributed by atoms with Gasteiger partial charge in [-0.25, -0.2) is 4.98 Å². The number of H-pyrrole nitrogens is 1. The van der Waals surface area contributed by atoms with Gasteiger partial charge in [0.2, 0.25) is 0 Å². The molecule has 2 N–H and O–H groups in total. The summed E-state index contributed by atoms with van der Waals surface area (Å²) in [4.78, 5) is 20.6. The minimum atomic E-state index is -0.322. The molecule has 136 valence electrons. The van der Waals surface area contributed by atoms with E-state index in [1.54, 1.807) is 20.0 Å². The van der Waals surface area contributed by atoms with Crippen molar-refractivity contribution < 1.29 is 4.79 Å². The molecule has 0 unspecified atom stereocenters. The zero-order valence-corrected chi connectivity index (χ0v) is 16.1. The average Bonchev–Trinajstić information content (AvgIpc) is 3.15. The van der Waals surface area contributed by atoms with Crippen LogP contribution in [0.5, 0.6) is 0 Å². The van der Waals surface area contributed by atoms with Crippen molar-refractivity contribution in [2.75, 3.05) is 5.32 Å². The number of hydrogen-bond donors (Lipinski definition) is 2. The third-order valence-electron chi connectivity index (χ3n) is 4.25. The first-order valence-corrected chi connectivity index (χ1v) is 8.95. The van der Waals surface area contributed by atoms with Gasteiger partial charge in [-0.05, 0) is 37.3 Å². The second kappa shape index (κ2) is 6.72. The Morgan fingerprint density at radius 2 is 1.96 bits per heavy atom. The second-order valence-corrected chi connectivity index (χ2v) is 6.92. The first-order valence-electron chi connectivity index (χ1n) is 8.19. The van der Waals surface area contributed by atoms with Gasteiger partial charge in [0, 0.05) is 17.6 Å². The maximum Gasteiger partial charge on any atom is 0.260 e. The largest absolute Gasteiger partial charge is 0.338 e. The quantitative estimate of drug-likeness (QED) is 0.517. The third-order valence-corrected chi connectivity index (χ3v) is 4.92. The number of benzene rings is 2. The lowest BCUT2D eigenvalue weighted by Gasteiger charge is -2.09. The van der Waals surface area contributed by atoms with Crippen LogP contribution in [0.15, 0.2) is 42.5 Å². The number of halogens is 2. The van der Waals surface area contributed by atoms with Gasteiger partial charge in [-0.2, -0.15) is 5.10 Å². The van der Waals surface area contributed by atoms with Gasteiger partial charge in [-0.1, -0.05) is 35.3 Å². The van der Waals surface area contributed by atoms with Crippen LogP contribution in [0.2, 0.25) is 10.2 Å². The van der Waals surface area contributed by atoms with E-state index >= 15 is 0 Å². The number of amides is 1. The molecule has 8 heteroatoms. The lowest BCUT2D eigenvalue weighted by molar-refractivity contribution is 0.102. The number of aryl methyl sites for hydroxylation is 2. The summed E-state index contributed by atoms with van der Waals surface area (Å²) < 4.78 is 1.47. The Hall–Kier alpha value is -2.83. The standard InChI is InChI=1S/C19H15Cl2N5O/c1-10-16(17(21)26(2)25-10)19(27)24-13-6-4-3-5-12(13)18-22-14-8-7-11(20)9-15(14)23-18/h3-9H,1-2H3,(H,22,23)(H,24,27). The van der Waals surface area contributed by atoms with Crippen molar-refractivity contribution in [3.05, 3.63) is 63.9 Å². The van der Waals surface area contributed by atoms with Crippen LogP contribution >= 0.6 is 23.2 Å². The lowest BCUT2D eigenvalue weighted by atomic mass is 10.1. The molecule has 2 aromatic carbocycles. The van der Waals surface area contributed by atoms with Gasteiger partial charge >= 0.3 is 0 Å². The Morgan fingerprint density at radius 1 is 1.19 bits per heavy atom. The predicted molar refractivity (Wildman–Crippen MR) is 107 cm³/mol. The van der Waals surface area contributed by atoms with Gasteiger partial charge in [-0.15, -0.1) is 0 Å². The molecule has 0 radical (unpaired) electrons. The van der Waals surface area contributed by atoms with Crippen LogP contribution in [0, 0.1) is 6.92 Å². The fourth-order valence-electron chi connectivity index (χ4n) is 2.98. The van der Waals surface area contributed by atoms with E-state index in [9.17, 15) is 4.79 Å². The molecule has 0 aliphatic carbocycles.